The van der Waals surface area contributed by atoms with E-state index in [0.717, 1.165) is 59.7 Å². The van der Waals surface area contributed by atoms with Crippen molar-refractivity contribution in [2.45, 2.75) is 175 Å². The topological polar surface area (TPSA) is 19.4 Å². The monoisotopic (exact) mass is 745 g/mol. The summed E-state index contributed by atoms with van der Waals surface area (Å²) in [5, 5.41) is 0. The molecule has 6 heteroatoms. The Kier molecular flexibility index (Phi) is 22.4. The van der Waals surface area contributed by atoms with Gasteiger partial charge in [-0.25, -0.2) is 0 Å². The number of hydrogen-bond donors (Lipinski definition) is 0. The molecule has 0 radical (unpaired) electrons. The Morgan fingerprint density at radius 2 is 0.604 bits per heavy atom. The Morgan fingerprint density at radius 1 is 0.283 bits per heavy atom. The maximum Gasteiger partial charge on any atom is 0.0113 e. The van der Waals surface area contributed by atoms with Gasteiger partial charge in [-0.2, -0.15) is 0 Å². The van der Waals surface area contributed by atoms with Crippen LogP contribution in [0, 0.1) is 35.5 Å². The Balaban J connectivity index is 0.000000172. The van der Waals surface area contributed by atoms with Crippen molar-refractivity contribution >= 4 is 0 Å². The summed E-state index contributed by atoms with van der Waals surface area (Å²) in [7, 11) is 13.4. The van der Waals surface area contributed by atoms with Gasteiger partial charge in [-0.05, 0) is 233 Å². The van der Waals surface area contributed by atoms with E-state index in [1.165, 1.54) is 162 Å². The predicted molar refractivity (Wildman–Crippen MR) is 234 cm³/mol. The van der Waals surface area contributed by atoms with Gasteiger partial charge in [0, 0.05) is 30.7 Å². The van der Waals surface area contributed by atoms with E-state index in [4.69, 9.17) is 0 Å². The lowest BCUT2D eigenvalue weighted by Gasteiger charge is -2.53. The minimum absolute atomic E-state index is 0.939. The van der Waals surface area contributed by atoms with Gasteiger partial charge in [-0.3, -0.25) is 0 Å². The summed E-state index contributed by atoms with van der Waals surface area (Å²) in [5.41, 5.74) is 0. The highest BCUT2D eigenvalue weighted by atomic mass is 15.2. The van der Waals surface area contributed by atoms with Gasteiger partial charge >= 0.3 is 0 Å². The van der Waals surface area contributed by atoms with E-state index in [1.54, 1.807) is 0 Å². The molecule has 9 aliphatic rings. The predicted octanol–water partition coefficient (Wildman–Crippen LogP) is 9.54. The van der Waals surface area contributed by atoms with Crippen LogP contribution in [0.3, 0.4) is 0 Å². The first kappa shape index (κ1) is 47.1. The van der Waals surface area contributed by atoms with E-state index in [1.807, 2.05) is 0 Å². The van der Waals surface area contributed by atoms with E-state index < -0.39 is 0 Å². The largest absolute Gasteiger partial charge is 0.306 e. The molecule has 0 aromatic heterocycles. The molecule has 0 spiro atoms. The van der Waals surface area contributed by atoms with E-state index in [9.17, 15) is 0 Å². The molecule has 0 aromatic rings. The average molecular weight is 745 g/mol. The Morgan fingerprint density at radius 3 is 0.962 bits per heavy atom. The third-order valence-corrected chi connectivity index (χ3v) is 14.7. The van der Waals surface area contributed by atoms with Crippen LogP contribution in [0.4, 0.5) is 0 Å². The average Bonchev–Trinajstić information content (AvgIpc) is 3.50. The summed E-state index contributed by atoms with van der Waals surface area (Å²) in [5.74, 6) is 5.87. The highest BCUT2D eigenvalue weighted by Gasteiger charge is 2.41. The van der Waals surface area contributed by atoms with Crippen LogP contribution in [0.2, 0.25) is 0 Å². The first-order valence-electron chi connectivity index (χ1n) is 23.4. The van der Waals surface area contributed by atoms with Gasteiger partial charge in [0.15, 0.2) is 0 Å². The normalized spacial score (nSPS) is 36.5. The first-order valence-corrected chi connectivity index (χ1v) is 23.4. The second kappa shape index (κ2) is 25.2. The minimum atomic E-state index is 0.939. The molecule has 1 aliphatic carbocycles. The van der Waals surface area contributed by atoms with E-state index in [-0.39, 0.29) is 0 Å². The summed E-state index contributed by atoms with van der Waals surface area (Å²) < 4.78 is 0. The highest BCUT2D eigenvalue weighted by Crippen LogP contribution is 2.39. The molecule has 8 heterocycles. The van der Waals surface area contributed by atoms with Gasteiger partial charge in [-0.15, -0.1) is 0 Å². The number of hydrogen-bond acceptors (Lipinski definition) is 6. The molecule has 9 fully saturated rings. The number of fused-ring (bicyclic) bond motifs is 4. The fraction of sp³-hybridized carbons (Fsp3) is 1.00. The lowest BCUT2D eigenvalue weighted by molar-refractivity contribution is -0.0258. The molecular formula is C47H96N6. The van der Waals surface area contributed by atoms with Crippen molar-refractivity contribution in [2.24, 2.45) is 35.5 Å². The van der Waals surface area contributed by atoms with Crippen LogP contribution in [-0.4, -0.2) is 148 Å². The zero-order valence-corrected chi connectivity index (χ0v) is 38.1. The van der Waals surface area contributed by atoms with Gasteiger partial charge < -0.3 is 29.4 Å². The number of nitrogens with zero attached hydrogens (tertiary/aromatic N) is 6. The molecule has 314 valence electrons. The molecule has 0 aromatic carbocycles. The van der Waals surface area contributed by atoms with Crippen molar-refractivity contribution < 1.29 is 0 Å². The van der Waals surface area contributed by atoms with Gasteiger partial charge in [0.25, 0.3) is 0 Å². The SMILES string of the molecule is CC1CC2CC(C1)N2C.CC1CC2CCC(C1)N2C.CC1CCCN(C)CC1.CC1CCCN(C)CCC1.CC1CCN(C)C1.CC1CCN(C)CC1. The van der Waals surface area contributed by atoms with Crippen LogP contribution in [0.15, 0.2) is 0 Å². The van der Waals surface area contributed by atoms with Crippen molar-refractivity contribution in [3.63, 3.8) is 0 Å². The first-order chi connectivity index (χ1) is 25.2. The van der Waals surface area contributed by atoms with Crippen molar-refractivity contribution in [2.75, 3.05) is 94.6 Å². The molecule has 8 aliphatic heterocycles. The number of piperidine rings is 3. The van der Waals surface area contributed by atoms with Crippen molar-refractivity contribution in [1.29, 1.82) is 0 Å². The maximum absolute atomic E-state index is 2.60. The maximum atomic E-state index is 2.60. The second-order valence-electron chi connectivity index (χ2n) is 20.6. The van der Waals surface area contributed by atoms with Crippen LogP contribution >= 0.6 is 0 Å². The molecule has 6 unspecified atom stereocenters. The fourth-order valence-corrected chi connectivity index (χ4v) is 10.4. The number of rotatable bonds is 0. The lowest BCUT2D eigenvalue weighted by atomic mass is 9.75. The standard InChI is InChI=1S/C9H17N.C9H19N.C8H15N.C8H17N.C7H15N.C6H13N/c1-7-5-8-3-4-9(6-7)10(8)2;1-9-5-3-7-10(2)8-4-6-9;1-6-3-7-5-8(4-6)9(7)2;1-8-4-3-6-9(2)7-5-8;1-7-3-5-8(2)6-4-7;1-6-3-4-7(2)5-6/h7-9H,3-6H2,1-2H3;9H,3-8H2,1-2H3;6-8H,3-5H2,1-2H3;8H,3-7H2,1-2H3;7H,3-6H2,1-2H3;6H,3-5H2,1-2H3. The Labute approximate surface area is 333 Å². The second-order valence-corrected chi connectivity index (χ2v) is 20.6. The summed E-state index contributed by atoms with van der Waals surface area (Å²) in [6, 6.07) is 3.79. The Hall–Kier alpha value is -0.240. The van der Waals surface area contributed by atoms with Crippen LogP contribution in [0.5, 0.6) is 0 Å². The minimum Gasteiger partial charge on any atom is -0.306 e. The van der Waals surface area contributed by atoms with Gasteiger partial charge in [-0.1, -0.05) is 41.5 Å². The highest BCUT2D eigenvalue weighted by molar-refractivity contribution is 4.97. The molecule has 6 atom stereocenters. The van der Waals surface area contributed by atoms with Gasteiger partial charge in [0.05, 0.1) is 0 Å². The fourth-order valence-electron chi connectivity index (χ4n) is 10.4. The van der Waals surface area contributed by atoms with Crippen LogP contribution in [-0.2, 0) is 0 Å². The van der Waals surface area contributed by atoms with Crippen LogP contribution < -0.4 is 0 Å². The van der Waals surface area contributed by atoms with E-state index in [0.29, 0.717) is 0 Å². The quantitative estimate of drug-likeness (QED) is 0.245. The summed E-state index contributed by atoms with van der Waals surface area (Å²) >= 11 is 0. The molecule has 0 N–H and O–H groups in total. The van der Waals surface area contributed by atoms with Crippen LogP contribution in [0.25, 0.3) is 0 Å². The van der Waals surface area contributed by atoms with Crippen LogP contribution in [0.1, 0.15) is 151 Å². The molecule has 8 saturated heterocycles. The Bertz CT molecular complexity index is 849. The van der Waals surface area contributed by atoms with Crippen molar-refractivity contribution in [3.05, 3.63) is 0 Å². The van der Waals surface area contributed by atoms with Crippen molar-refractivity contribution in [3.8, 4) is 0 Å². The van der Waals surface area contributed by atoms with E-state index in [2.05, 4.69) is 113 Å². The third kappa shape index (κ3) is 18.7. The summed E-state index contributed by atoms with van der Waals surface area (Å²) in [6.07, 6.45) is 24.3. The molecule has 9 rings (SSSR count). The summed E-state index contributed by atoms with van der Waals surface area (Å²) in [4.78, 5) is 14.8. The molecule has 4 bridgehead atoms. The zero-order chi connectivity index (χ0) is 38.9. The smallest absolute Gasteiger partial charge is 0.0113 e. The van der Waals surface area contributed by atoms with E-state index >= 15 is 0 Å². The number of likely N-dealkylation sites (tertiary alicyclic amines) is 4. The third-order valence-electron chi connectivity index (χ3n) is 14.7. The zero-order valence-electron chi connectivity index (χ0n) is 38.1. The summed E-state index contributed by atoms with van der Waals surface area (Å²) in [6.45, 7) is 24.6. The van der Waals surface area contributed by atoms with Gasteiger partial charge in [0.1, 0.15) is 0 Å². The van der Waals surface area contributed by atoms with Gasteiger partial charge in [0.2, 0.25) is 0 Å². The van der Waals surface area contributed by atoms with Crippen molar-refractivity contribution in [1.82, 2.24) is 29.4 Å². The molecule has 6 nitrogen and oxygen atoms in total. The molecule has 53 heavy (non-hydrogen) atoms. The molecular weight excluding hydrogens is 649 g/mol. The molecule has 0 amide bonds. The lowest BCUT2D eigenvalue weighted by Crippen LogP contribution is -2.58. The molecule has 1 saturated carbocycles.